The van der Waals surface area contributed by atoms with E-state index in [9.17, 15) is 19.5 Å². The third kappa shape index (κ3) is 4.91. The molecule has 6 rings (SSSR count). The second kappa shape index (κ2) is 10.9. The van der Waals surface area contributed by atoms with Gasteiger partial charge in [0.15, 0.2) is 0 Å². The van der Waals surface area contributed by atoms with Gasteiger partial charge in [-0.2, -0.15) is 0 Å². The van der Waals surface area contributed by atoms with Gasteiger partial charge in [-0.05, 0) is 67.8 Å². The Kier molecular flexibility index (Phi) is 7.13. The third-order valence-electron chi connectivity index (χ3n) is 8.72. The summed E-state index contributed by atoms with van der Waals surface area (Å²) in [5, 5.41) is 9.41. The van der Waals surface area contributed by atoms with Crippen LogP contribution in [0.5, 0.6) is 0 Å². The number of aryl methyl sites for hydroxylation is 2. The molecule has 2 aliphatic rings. The predicted octanol–water partition coefficient (Wildman–Crippen LogP) is 3.77. The summed E-state index contributed by atoms with van der Waals surface area (Å²) in [5.41, 5.74) is 3.33. The highest BCUT2D eigenvalue weighted by atomic mass is 16.4. The first-order valence-corrected chi connectivity index (χ1v) is 14.2. The quantitative estimate of drug-likeness (QED) is 0.357. The number of carboxylic acids is 1. The standard InChI is InChI=1S/C32H35N5O4/c1-33-27-13-5-6-14-28(27)36(31(33)41)18-8-17-34-19-15-32(16-20-34)30(40)35(23-37(32)26-11-3-2-4-12-26)22-24-9-7-10-25(21-24)29(38)39/h2-7,9-14,21H,8,15-20,22-23H2,1H3,(H,38,39). The number of benzene rings is 3. The number of amides is 1. The van der Waals surface area contributed by atoms with Gasteiger partial charge in [0.1, 0.15) is 5.54 Å². The van der Waals surface area contributed by atoms with Crippen molar-refractivity contribution >= 4 is 28.6 Å². The summed E-state index contributed by atoms with van der Waals surface area (Å²) in [6, 6.07) is 24.8. The smallest absolute Gasteiger partial charge is 0.335 e. The number of hydrogen-bond acceptors (Lipinski definition) is 5. The Morgan fingerprint density at radius 2 is 1.59 bits per heavy atom. The van der Waals surface area contributed by atoms with Gasteiger partial charge in [-0.15, -0.1) is 0 Å². The minimum Gasteiger partial charge on any atom is -0.478 e. The molecule has 1 aromatic heterocycles. The summed E-state index contributed by atoms with van der Waals surface area (Å²) >= 11 is 0. The van der Waals surface area contributed by atoms with E-state index in [1.807, 2.05) is 65.0 Å². The molecule has 0 bridgehead atoms. The van der Waals surface area contributed by atoms with E-state index >= 15 is 0 Å². The fourth-order valence-electron chi connectivity index (χ4n) is 6.52. The van der Waals surface area contributed by atoms with Crippen LogP contribution in [-0.4, -0.2) is 67.8 Å². The van der Waals surface area contributed by atoms with Crippen molar-refractivity contribution in [1.29, 1.82) is 0 Å². The molecule has 2 fully saturated rings. The Morgan fingerprint density at radius 3 is 2.32 bits per heavy atom. The number of likely N-dealkylation sites (tertiary alicyclic amines) is 1. The van der Waals surface area contributed by atoms with Crippen molar-refractivity contribution in [2.24, 2.45) is 7.05 Å². The van der Waals surface area contributed by atoms with Crippen LogP contribution in [0, 0.1) is 0 Å². The van der Waals surface area contributed by atoms with Gasteiger partial charge >= 0.3 is 11.7 Å². The van der Waals surface area contributed by atoms with Gasteiger partial charge in [0.25, 0.3) is 0 Å². The van der Waals surface area contributed by atoms with Crippen LogP contribution in [0.4, 0.5) is 5.69 Å². The van der Waals surface area contributed by atoms with Crippen molar-refractivity contribution in [2.45, 2.75) is 37.9 Å². The van der Waals surface area contributed by atoms with Crippen LogP contribution >= 0.6 is 0 Å². The van der Waals surface area contributed by atoms with E-state index < -0.39 is 11.5 Å². The Morgan fingerprint density at radius 1 is 0.878 bits per heavy atom. The third-order valence-corrected chi connectivity index (χ3v) is 8.72. The normalized spacial score (nSPS) is 17.1. The van der Waals surface area contributed by atoms with Gasteiger partial charge in [-0.3, -0.25) is 13.9 Å². The fourth-order valence-corrected chi connectivity index (χ4v) is 6.52. The predicted molar refractivity (Wildman–Crippen MR) is 158 cm³/mol. The maximum absolute atomic E-state index is 14.1. The van der Waals surface area contributed by atoms with Gasteiger partial charge in [-0.1, -0.05) is 42.5 Å². The Balaban J connectivity index is 1.15. The number of aromatic nitrogens is 2. The zero-order valence-corrected chi connectivity index (χ0v) is 23.3. The second-order valence-corrected chi connectivity index (χ2v) is 11.1. The first kappa shape index (κ1) is 26.8. The average Bonchev–Trinajstić information content (AvgIpc) is 3.40. The number of nitrogens with zero attached hydrogens (tertiary/aromatic N) is 5. The molecule has 41 heavy (non-hydrogen) atoms. The Labute approximate surface area is 238 Å². The highest BCUT2D eigenvalue weighted by molar-refractivity contribution is 5.93. The van der Waals surface area contributed by atoms with E-state index in [2.05, 4.69) is 21.9 Å². The van der Waals surface area contributed by atoms with Gasteiger partial charge in [0, 0.05) is 38.9 Å². The number of piperidine rings is 1. The summed E-state index contributed by atoms with van der Waals surface area (Å²) in [4.78, 5) is 44.8. The number of rotatable bonds is 8. The first-order valence-electron chi connectivity index (χ1n) is 14.2. The molecule has 9 nitrogen and oxygen atoms in total. The number of aromatic carboxylic acids is 1. The molecule has 4 aromatic rings. The highest BCUT2D eigenvalue weighted by Crippen LogP contribution is 2.40. The molecular formula is C32H35N5O4. The molecule has 0 unspecified atom stereocenters. The van der Waals surface area contributed by atoms with Crippen LogP contribution in [0.25, 0.3) is 11.0 Å². The number of anilines is 1. The van der Waals surface area contributed by atoms with Gasteiger partial charge < -0.3 is 19.8 Å². The fraction of sp³-hybridized carbons (Fsp3) is 0.344. The topological polar surface area (TPSA) is 91.0 Å². The van der Waals surface area contributed by atoms with E-state index in [-0.39, 0.29) is 17.2 Å². The second-order valence-electron chi connectivity index (χ2n) is 11.1. The van der Waals surface area contributed by atoms with E-state index in [0.29, 0.717) is 32.6 Å². The molecular weight excluding hydrogens is 518 g/mol. The first-order chi connectivity index (χ1) is 19.9. The van der Waals surface area contributed by atoms with Gasteiger partial charge in [-0.25, -0.2) is 9.59 Å². The minimum absolute atomic E-state index is 0.00725. The number of imidazole rings is 1. The van der Waals surface area contributed by atoms with Crippen molar-refractivity contribution < 1.29 is 14.7 Å². The van der Waals surface area contributed by atoms with E-state index in [1.54, 1.807) is 22.8 Å². The minimum atomic E-state index is -0.973. The lowest BCUT2D eigenvalue weighted by molar-refractivity contribution is -0.134. The molecule has 9 heteroatoms. The van der Waals surface area contributed by atoms with Crippen molar-refractivity contribution in [3.63, 3.8) is 0 Å². The van der Waals surface area contributed by atoms with Crippen LogP contribution in [0.2, 0.25) is 0 Å². The molecule has 0 saturated carbocycles. The summed E-state index contributed by atoms with van der Waals surface area (Å²) in [7, 11) is 1.81. The number of para-hydroxylation sites is 3. The zero-order chi connectivity index (χ0) is 28.6. The molecule has 3 aromatic carbocycles. The summed E-state index contributed by atoms with van der Waals surface area (Å²) in [6.07, 6.45) is 2.27. The van der Waals surface area contributed by atoms with Gasteiger partial charge in [0.2, 0.25) is 5.91 Å². The molecule has 3 heterocycles. The Bertz CT molecular complexity index is 1630. The van der Waals surface area contributed by atoms with Crippen LogP contribution < -0.4 is 10.6 Å². The van der Waals surface area contributed by atoms with Crippen molar-refractivity contribution in [3.05, 3.63) is 100 Å². The lowest BCUT2D eigenvalue weighted by Gasteiger charge is -2.43. The van der Waals surface area contributed by atoms with Crippen molar-refractivity contribution in [1.82, 2.24) is 18.9 Å². The maximum Gasteiger partial charge on any atom is 0.335 e. The molecule has 1 amide bonds. The zero-order valence-electron chi connectivity index (χ0n) is 23.3. The molecule has 1 N–H and O–H groups in total. The average molecular weight is 554 g/mol. The van der Waals surface area contributed by atoms with Crippen LogP contribution in [0.1, 0.15) is 35.2 Å². The summed E-state index contributed by atoms with van der Waals surface area (Å²) in [5.74, 6) is -0.872. The summed E-state index contributed by atoms with van der Waals surface area (Å²) in [6.45, 7) is 3.93. The molecule has 0 radical (unpaired) electrons. The Hall–Kier alpha value is -4.37. The highest BCUT2D eigenvalue weighted by Gasteiger charge is 2.53. The molecule has 2 aliphatic heterocycles. The molecule has 212 valence electrons. The van der Waals surface area contributed by atoms with Crippen molar-refractivity contribution in [2.75, 3.05) is 31.2 Å². The van der Waals surface area contributed by atoms with E-state index in [4.69, 9.17) is 0 Å². The molecule has 0 aliphatic carbocycles. The maximum atomic E-state index is 14.1. The summed E-state index contributed by atoms with van der Waals surface area (Å²) < 4.78 is 3.56. The molecule has 1 spiro atoms. The number of carbonyl (C=O) groups is 2. The van der Waals surface area contributed by atoms with E-state index in [0.717, 1.165) is 48.3 Å². The van der Waals surface area contributed by atoms with Crippen LogP contribution in [0.3, 0.4) is 0 Å². The monoisotopic (exact) mass is 553 g/mol. The number of carboxylic acid groups (broad SMARTS) is 1. The molecule has 2 saturated heterocycles. The number of hydrogen-bond donors (Lipinski definition) is 1. The SMILES string of the molecule is Cn1c(=O)n(CCCN2CCC3(CC2)C(=O)N(Cc2cccc(C(=O)O)c2)CN3c2ccccc2)c2ccccc21. The largest absolute Gasteiger partial charge is 0.478 e. The van der Waals surface area contributed by atoms with Crippen molar-refractivity contribution in [3.8, 4) is 0 Å². The lowest BCUT2D eigenvalue weighted by atomic mass is 9.85. The van der Waals surface area contributed by atoms with Crippen LogP contribution in [-0.2, 0) is 24.9 Å². The van der Waals surface area contributed by atoms with Gasteiger partial charge in [0.05, 0.1) is 23.3 Å². The lowest BCUT2D eigenvalue weighted by Crippen LogP contribution is -2.56. The van der Waals surface area contributed by atoms with E-state index in [1.165, 1.54) is 0 Å². The number of carbonyl (C=O) groups excluding carboxylic acids is 1. The van der Waals surface area contributed by atoms with Crippen LogP contribution in [0.15, 0.2) is 83.7 Å². The molecule has 0 atom stereocenters. The number of fused-ring (bicyclic) bond motifs is 1.